The van der Waals surface area contributed by atoms with Crippen molar-refractivity contribution in [2.75, 3.05) is 5.75 Å². The molecule has 2 heterocycles. The van der Waals surface area contributed by atoms with Crippen LogP contribution in [0.3, 0.4) is 0 Å². The molecule has 7 nitrogen and oxygen atoms in total. The number of nitrogens with zero attached hydrogens (tertiary/aromatic N) is 4. The fraction of sp³-hybridized carbons (Fsp3) is 0.241. The number of carbonyl (C=O) groups excluding carboxylic acids is 1. The quantitative estimate of drug-likeness (QED) is 0.336. The first-order chi connectivity index (χ1) is 18.1. The van der Waals surface area contributed by atoms with E-state index < -0.39 is 0 Å². The van der Waals surface area contributed by atoms with E-state index in [0.29, 0.717) is 22.9 Å². The molecule has 186 valence electrons. The van der Waals surface area contributed by atoms with E-state index in [0.717, 1.165) is 35.9 Å². The maximum absolute atomic E-state index is 13.4. The van der Waals surface area contributed by atoms with Crippen LogP contribution in [0, 0.1) is 6.92 Å². The molecule has 0 saturated carbocycles. The molecule has 0 saturated heterocycles. The van der Waals surface area contributed by atoms with Crippen molar-refractivity contribution in [3.63, 3.8) is 0 Å². The van der Waals surface area contributed by atoms with Crippen LogP contribution in [0.1, 0.15) is 41.1 Å². The number of aryl methyl sites for hydroxylation is 2. The second-order valence-corrected chi connectivity index (χ2v) is 10.5. The van der Waals surface area contributed by atoms with Crippen LogP contribution in [0.2, 0.25) is 0 Å². The number of thioether (sulfide) groups is 1. The van der Waals surface area contributed by atoms with E-state index in [4.69, 9.17) is 0 Å². The summed E-state index contributed by atoms with van der Waals surface area (Å²) in [5, 5.41) is 13.2. The summed E-state index contributed by atoms with van der Waals surface area (Å²) in [5.74, 6) is 0.638. The molecule has 1 aliphatic rings. The van der Waals surface area contributed by atoms with Crippen molar-refractivity contribution in [1.29, 1.82) is 0 Å². The van der Waals surface area contributed by atoms with Crippen LogP contribution in [0.15, 0.2) is 82.7 Å². The van der Waals surface area contributed by atoms with E-state index >= 15 is 0 Å². The minimum atomic E-state index is -0.110. The lowest BCUT2D eigenvalue weighted by Gasteiger charge is -2.26. The molecular weight excluding hydrogens is 482 g/mol. The molecule has 0 bridgehead atoms. The summed E-state index contributed by atoms with van der Waals surface area (Å²) in [7, 11) is 0. The van der Waals surface area contributed by atoms with Gasteiger partial charge in [0.1, 0.15) is 0 Å². The molecule has 0 radical (unpaired) electrons. The molecule has 2 aromatic heterocycles. The highest BCUT2D eigenvalue weighted by atomic mass is 32.2. The first kappa shape index (κ1) is 23.5. The Bertz CT molecular complexity index is 1670. The summed E-state index contributed by atoms with van der Waals surface area (Å²) in [4.78, 5) is 26.4. The number of hydrogen-bond acceptors (Lipinski definition) is 5. The third-order valence-corrected chi connectivity index (χ3v) is 7.91. The number of aromatic nitrogens is 4. The Morgan fingerprint density at radius 1 is 1.03 bits per heavy atom. The van der Waals surface area contributed by atoms with E-state index in [-0.39, 0.29) is 23.3 Å². The van der Waals surface area contributed by atoms with Crippen LogP contribution in [0.5, 0.6) is 0 Å². The van der Waals surface area contributed by atoms with Crippen molar-refractivity contribution >= 4 is 34.3 Å². The highest BCUT2D eigenvalue weighted by Gasteiger charge is 2.22. The van der Waals surface area contributed by atoms with Crippen molar-refractivity contribution in [3.05, 3.63) is 105 Å². The largest absolute Gasteiger partial charge is 0.349 e. The predicted octanol–water partition coefficient (Wildman–Crippen LogP) is 4.69. The zero-order valence-electron chi connectivity index (χ0n) is 20.6. The van der Waals surface area contributed by atoms with Gasteiger partial charge in [-0.05, 0) is 55.0 Å². The van der Waals surface area contributed by atoms with E-state index in [1.54, 1.807) is 4.57 Å². The molecule has 37 heavy (non-hydrogen) atoms. The summed E-state index contributed by atoms with van der Waals surface area (Å²) in [6, 6.07) is 24.0. The van der Waals surface area contributed by atoms with Crippen LogP contribution >= 0.6 is 11.8 Å². The Labute approximate surface area is 218 Å². The zero-order chi connectivity index (χ0) is 25.4. The predicted molar refractivity (Wildman–Crippen MR) is 146 cm³/mol. The first-order valence-electron chi connectivity index (χ1n) is 12.5. The second-order valence-electron chi connectivity index (χ2n) is 9.51. The Balaban J connectivity index is 1.29. The third-order valence-electron chi connectivity index (χ3n) is 6.98. The number of para-hydroxylation sites is 1. The van der Waals surface area contributed by atoms with Gasteiger partial charge in [0, 0.05) is 0 Å². The number of benzene rings is 3. The van der Waals surface area contributed by atoms with Gasteiger partial charge >= 0.3 is 0 Å². The Hall–Kier alpha value is -3.91. The van der Waals surface area contributed by atoms with Crippen molar-refractivity contribution in [1.82, 2.24) is 24.5 Å². The zero-order valence-corrected chi connectivity index (χ0v) is 21.4. The summed E-state index contributed by atoms with van der Waals surface area (Å²) in [6.45, 7) is 2.42. The number of rotatable bonds is 6. The van der Waals surface area contributed by atoms with E-state index in [2.05, 4.69) is 33.7 Å². The molecule has 0 spiro atoms. The number of fused-ring (bicyclic) bond motifs is 4. The van der Waals surface area contributed by atoms with Gasteiger partial charge in [-0.3, -0.25) is 18.6 Å². The summed E-state index contributed by atoms with van der Waals surface area (Å²) >= 11 is 1.33. The molecule has 5 aromatic rings. The SMILES string of the molecule is Cc1ccc(Cn2c(=O)c3ccccc3n3c(SCC(=O)N[C@H]4CCCc5ccccc54)nnc23)cc1. The molecule has 3 aromatic carbocycles. The second kappa shape index (κ2) is 9.86. The lowest BCUT2D eigenvalue weighted by atomic mass is 9.88. The van der Waals surface area contributed by atoms with Crippen LogP contribution in [0.25, 0.3) is 16.7 Å². The Kier molecular flexibility index (Phi) is 6.26. The van der Waals surface area contributed by atoms with Crippen LogP contribution in [0.4, 0.5) is 0 Å². The smallest absolute Gasteiger partial charge is 0.263 e. The molecule has 0 aliphatic heterocycles. The first-order valence-corrected chi connectivity index (χ1v) is 13.5. The molecule has 0 fully saturated rings. The van der Waals surface area contributed by atoms with Crippen LogP contribution in [-0.4, -0.2) is 30.8 Å². The highest BCUT2D eigenvalue weighted by molar-refractivity contribution is 7.99. The molecule has 8 heteroatoms. The summed E-state index contributed by atoms with van der Waals surface area (Å²) < 4.78 is 3.54. The molecular formula is C29H27N5O2S. The topological polar surface area (TPSA) is 81.3 Å². The molecule has 1 aliphatic carbocycles. The van der Waals surface area contributed by atoms with Gasteiger partial charge in [0.15, 0.2) is 5.16 Å². The van der Waals surface area contributed by atoms with E-state index in [1.807, 2.05) is 65.9 Å². The van der Waals surface area contributed by atoms with Gasteiger partial charge < -0.3 is 5.32 Å². The monoisotopic (exact) mass is 509 g/mol. The maximum Gasteiger partial charge on any atom is 0.263 e. The van der Waals surface area contributed by atoms with Crippen molar-refractivity contribution in [3.8, 4) is 0 Å². The Morgan fingerprint density at radius 3 is 2.68 bits per heavy atom. The third kappa shape index (κ3) is 4.53. The fourth-order valence-corrected chi connectivity index (χ4v) is 5.87. The van der Waals surface area contributed by atoms with Gasteiger partial charge in [0.05, 0.1) is 29.2 Å². The number of carbonyl (C=O) groups is 1. The fourth-order valence-electron chi connectivity index (χ4n) is 5.12. The average molecular weight is 510 g/mol. The van der Waals surface area contributed by atoms with E-state index in [1.165, 1.54) is 22.9 Å². The summed E-state index contributed by atoms with van der Waals surface area (Å²) in [5.41, 5.74) is 5.32. The molecule has 1 amide bonds. The number of nitrogens with one attached hydrogen (secondary N) is 1. The molecule has 1 atom stereocenters. The normalized spacial score (nSPS) is 15.1. The minimum Gasteiger partial charge on any atom is -0.349 e. The van der Waals surface area contributed by atoms with Gasteiger partial charge in [-0.1, -0.05) is 78.0 Å². The number of hydrogen-bond donors (Lipinski definition) is 1. The Morgan fingerprint density at radius 2 is 1.81 bits per heavy atom. The number of amides is 1. The average Bonchev–Trinajstić information content (AvgIpc) is 3.35. The van der Waals surface area contributed by atoms with Gasteiger partial charge in [0.2, 0.25) is 11.7 Å². The van der Waals surface area contributed by atoms with Crippen LogP contribution in [-0.2, 0) is 17.8 Å². The van der Waals surface area contributed by atoms with Crippen molar-refractivity contribution < 1.29 is 4.79 Å². The van der Waals surface area contributed by atoms with E-state index in [9.17, 15) is 9.59 Å². The van der Waals surface area contributed by atoms with Gasteiger partial charge in [-0.2, -0.15) is 0 Å². The molecule has 0 unspecified atom stereocenters. The highest BCUT2D eigenvalue weighted by Crippen LogP contribution is 2.30. The summed E-state index contributed by atoms with van der Waals surface area (Å²) in [6.07, 6.45) is 3.06. The molecule has 1 N–H and O–H groups in total. The van der Waals surface area contributed by atoms with Gasteiger partial charge in [-0.25, -0.2) is 0 Å². The maximum atomic E-state index is 13.4. The minimum absolute atomic E-state index is 0.0358. The van der Waals surface area contributed by atoms with Crippen LogP contribution < -0.4 is 10.9 Å². The molecule has 6 rings (SSSR count). The lowest BCUT2D eigenvalue weighted by Crippen LogP contribution is -2.32. The standard InChI is InChI=1S/C29H27N5O2S/c1-19-13-15-20(16-14-19)17-33-27(36)23-10-4-5-12-25(23)34-28(33)31-32-29(34)37-18-26(35)30-24-11-6-8-21-7-2-3-9-22(21)24/h2-5,7,9-10,12-16,24H,6,8,11,17-18H2,1H3,(H,30,35)/t24-/m0/s1. The van der Waals surface area contributed by atoms with Gasteiger partial charge in [-0.15, -0.1) is 10.2 Å². The van der Waals surface area contributed by atoms with Crippen molar-refractivity contribution in [2.45, 2.75) is 43.9 Å². The van der Waals surface area contributed by atoms with Crippen molar-refractivity contribution in [2.24, 2.45) is 0 Å². The van der Waals surface area contributed by atoms with Gasteiger partial charge in [0.25, 0.3) is 5.56 Å². The lowest BCUT2D eigenvalue weighted by molar-refractivity contribution is -0.119.